The van der Waals surface area contributed by atoms with Crippen molar-refractivity contribution in [2.24, 2.45) is 0 Å². The van der Waals surface area contributed by atoms with Gasteiger partial charge in [-0.1, -0.05) is 0 Å². The number of nitrogens with one attached hydrogen (secondary N) is 1. The maximum atomic E-state index is 10.7. The van der Waals surface area contributed by atoms with Gasteiger partial charge in [-0.3, -0.25) is 10.1 Å². The molecule has 110 valence electrons. The third-order valence-corrected chi connectivity index (χ3v) is 2.81. The zero-order valence-electron chi connectivity index (χ0n) is 11.2. The van der Waals surface area contributed by atoms with Gasteiger partial charge in [0.2, 0.25) is 0 Å². The first-order valence-corrected chi connectivity index (χ1v) is 6.07. The molecule has 0 atom stereocenters. The molecule has 21 heavy (non-hydrogen) atoms. The summed E-state index contributed by atoms with van der Waals surface area (Å²) in [5.41, 5.74) is 0.480. The lowest BCUT2D eigenvalue weighted by Crippen LogP contribution is -2.10. The second kappa shape index (κ2) is 5.99. The summed E-state index contributed by atoms with van der Waals surface area (Å²) in [6, 6.07) is 1.59. The lowest BCUT2D eigenvalue weighted by Gasteiger charge is -2.06. The van der Waals surface area contributed by atoms with Gasteiger partial charge >= 0.3 is 5.97 Å². The molecule has 0 radical (unpaired) electrons. The van der Waals surface area contributed by atoms with Crippen LogP contribution in [-0.2, 0) is 6.54 Å². The van der Waals surface area contributed by atoms with Crippen molar-refractivity contribution >= 4 is 17.5 Å². The van der Waals surface area contributed by atoms with E-state index in [0.717, 1.165) is 0 Å². The van der Waals surface area contributed by atoms with E-state index in [0.29, 0.717) is 24.5 Å². The van der Waals surface area contributed by atoms with Crippen LogP contribution in [0.5, 0.6) is 0 Å². The van der Waals surface area contributed by atoms with E-state index in [4.69, 9.17) is 5.11 Å². The minimum Gasteiger partial charge on any atom is -0.476 e. The minimum absolute atomic E-state index is 0.0145. The van der Waals surface area contributed by atoms with Crippen LogP contribution in [0.25, 0.3) is 0 Å². The van der Waals surface area contributed by atoms with Crippen molar-refractivity contribution in [3.8, 4) is 0 Å². The molecule has 9 heteroatoms. The number of hydrogen-bond donors (Lipinski definition) is 2. The molecule has 9 nitrogen and oxygen atoms in total. The van der Waals surface area contributed by atoms with Crippen molar-refractivity contribution in [2.45, 2.75) is 13.5 Å². The second-order valence-electron chi connectivity index (χ2n) is 4.34. The molecule has 0 unspecified atom stereocenters. The Hall–Kier alpha value is -2.97. The van der Waals surface area contributed by atoms with Crippen molar-refractivity contribution in [3.05, 3.63) is 46.2 Å². The average Bonchev–Trinajstić information content (AvgIpc) is 2.87. The largest absolute Gasteiger partial charge is 0.476 e. The number of carboxylic acid groups (broad SMARTS) is 1. The van der Waals surface area contributed by atoms with Crippen molar-refractivity contribution in [2.75, 3.05) is 11.9 Å². The second-order valence-corrected chi connectivity index (χ2v) is 4.34. The maximum absolute atomic E-state index is 10.7. The Balaban J connectivity index is 1.92. The van der Waals surface area contributed by atoms with E-state index in [9.17, 15) is 14.9 Å². The summed E-state index contributed by atoms with van der Waals surface area (Å²) in [5, 5.41) is 22.4. The van der Waals surface area contributed by atoms with Gasteiger partial charge in [0.15, 0.2) is 5.69 Å². The summed E-state index contributed by atoms with van der Waals surface area (Å²) in [5.74, 6) is -0.550. The molecule has 0 saturated carbocycles. The Morgan fingerprint density at radius 3 is 2.86 bits per heavy atom. The minimum atomic E-state index is -1.07. The number of aromatic nitrogens is 3. The van der Waals surface area contributed by atoms with Crippen LogP contribution in [-0.4, -0.2) is 37.1 Å². The summed E-state index contributed by atoms with van der Waals surface area (Å²) >= 11 is 0. The topological polar surface area (TPSA) is 123 Å². The molecule has 0 bridgehead atoms. The van der Waals surface area contributed by atoms with E-state index in [1.807, 2.05) is 0 Å². The molecule has 0 amide bonds. The van der Waals surface area contributed by atoms with Crippen LogP contribution in [0.1, 0.15) is 16.1 Å². The number of carbonyl (C=O) groups is 1. The zero-order chi connectivity index (χ0) is 15.4. The fourth-order valence-electron chi connectivity index (χ4n) is 1.74. The lowest BCUT2D eigenvalue weighted by atomic mass is 10.2. The molecule has 0 spiro atoms. The van der Waals surface area contributed by atoms with E-state index in [1.54, 1.807) is 17.6 Å². The molecule has 2 heterocycles. The number of pyridine rings is 1. The van der Waals surface area contributed by atoms with Crippen molar-refractivity contribution in [1.29, 1.82) is 0 Å². The molecule has 2 N–H and O–H groups in total. The van der Waals surface area contributed by atoms with Gasteiger partial charge in [0.05, 0.1) is 11.3 Å². The van der Waals surface area contributed by atoms with Crippen molar-refractivity contribution in [3.63, 3.8) is 0 Å². The number of aromatic carboxylic acids is 1. The van der Waals surface area contributed by atoms with Gasteiger partial charge in [-0.2, -0.15) is 0 Å². The van der Waals surface area contributed by atoms with E-state index in [2.05, 4.69) is 15.3 Å². The molecule has 0 aliphatic heterocycles. The molecule has 0 aliphatic carbocycles. The molecular weight excluding hydrogens is 278 g/mol. The van der Waals surface area contributed by atoms with Crippen molar-refractivity contribution < 1.29 is 14.8 Å². The Labute approximate surface area is 119 Å². The fraction of sp³-hybridized carbons (Fsp3) is 0.250. The first-order chi connectivity index (χ1) is 9.97. The first kappa shape index (κ1) is 14.4. The summed E-state index contributed by atoms with van der Waals surface area (Å²) in [6.07, 6.45) is 4.07. The molecule has 2 aromatic heterocycles. The Morgan fingerprint density at radius 2 is 2.29 bits per heavy atom. The van der Waals surface area contributed by atoms with Crippen LogP contribution in [0, 0.1) is 17.0 Å². The molecule has 0 aromatic carbocycles. The van der Waals surface area contributed by atoms with Gasteiger partial charge in [-0.15, -0.1) is 0 Å². The van der Waals surface area contributed by atoms with Gasteiger partial charge in [0, 0.05) is 24.8 Å². The summed E-state index contributed by atoms with van der Waals surface area (Å²) in [7, 11) is 0. The number of nitrogens with zero attached hydrogens (tertiary/aromatic N) is 4. The molecule has 0 fully saturated rings. The fourth-order valence-corrected chi connectivity index (χ4v) is 1.74. The van der Waals surface area contributed by atoms with Crippen LogP contribution < -0.4 is 5.32 Å². The van der Waals surface area contributed by atoms with E-state index < -0.39 is 10.9 Å². The van der Waals surface area contributed by atoms with Crippen LogP contribution in [0.3, 0.4) is 0 Å². The normalized spacial score (nSPS) is 10.3. The van der Waals surface area contributed by atoms with Crippen LogP contribution in [0.2, 0.25) is 0 Å². The number of hydrogen-bond acceptors (Lipinski definition) is 6. The SMILES string of the molecule is Cc1cc(NCCn2cnc(C(=O)O)c2)ncc1[N+](=O)[O-]. The lowest BCUT2D eigenvalue weighted by molar-refractivity contribution is -0.385. The van der Waals surface area contributed by atoms with Gasteiger partial charge < -0.3 is 15.0 Å². The number of nitro groups is 1. The van der Waals surface area contributed by atoms with Crippen molar-refractivity contribution in [1.82, 2.24) is 14.5 Å². The first-order valence-electron chi connectivity index (χ1n) is 6.07. The molecule has 0 saturated heterocycles. The highest BCUT2D eigenvalue weighted by Crippen LogP contribution is 2.18. The Bertz CT molecular complexity index is 682. The van der Waals surface area contributed by atoms with Gasteiger partial charge in [0.1, 0.15) is 12.0 Å². The smallest absolute Gasteiger partial charge is 0.356 e. The molecule has 2 aromatic rings. The predicted octanol–water partition coefficient (Wildman–Crippen LogP) is 1.31. The summed E-state index contributed by atoms with van der Waals surface area (Å²) in [6.45, 7) is 2.62. The van der Waals surface area contributed by atoms with Crippen LogP contribution in [0.4, 0.5) is 11.5 Å². The third-order valence-electron chi connectivity index (χ3n) is 2.81. The molecule has 2 rings (SSSR count). The summed E-state index contributed by atoms with van der Waals surface area (Å²) < 4.78 is 1.63. The average molecular weight is 291 g/mol. The quantitative estimate of drug-likeness (QED) is 0.607. The van der Waals surface area contributed by atoms with E-state index >= 15 is 0 Å². The number of aryl methyl sites for hydroxylation is 1. The highest BCUT2D eigenvalue weighted by atomic mass is 16.6. The predicted molar refractivity (Wildman–Crippen MR) is 73.3 cm³/mol. The number of imidazole rings is 1. The standard InChI is InChI=1S/C12H13N5O4/c1-8-4-11(14-5-10(8)17(20)21)13-2-3-16-6-9(12(18)19)15-7-16/h4-7H,2-3H2,1H3,(H,13,14)(H,18,19). The molecular formula is C12H13N5O4. The van der Waals surface area contributed by atoms with Gasteiger partial charge in [0.25, 0.3) is 5.69 Å². The third kappa shape index (κ3) is 3.53. The van der Waals surface area contributed by atoms with E-state index in [-0.39, 0.29) is 11.4 Å². The monoisotopic (exact) mass is 291 g/mol. The van der Waals surface area contributed by atoms with E-state index in [1.165, 1.54) is 18.7 Å². The number of carboxylic acids is 1. The van der Waals surface area contributed by atoms with Gasteiger partial charge in [-0.25, -0.2) is 14.8 Å². The zero-order valence-corrected chi connectivity index (χ0v) is 11.2. The Kier molecular flexibility index (Phi) is 4.12. The Morgan fingerprint density at radius 1 is 1.52 bits per heavy atom. The highest BCUT2D eigenvalue weighted by molar-refractivity contribution is 5.84. The van der Waals surface area contributed by atoms with Gasteiger partial charge in [-0.05, 0) is 13.0 Å². The molecule has 0 aliphatic rings. The van der Waals surface area contributed by atoms with Crippen LogP contribution in [0.15, 0.2) is 24.8 Å². The maximum Gasteiger partial charge on any atom is 0.356 e. The number of rotatable bonds is 6. The highest BCUT2D eigenvalue weighted by Gasteiger charge is 2.11. The van der Waals surface area contributed by atoms with Crippen LogP contribution >= 0.6 is 0 Å². The summed E-state index contributed by atoms with van der Waals surface area (Å²) in [4.78, 5) is 28.6. The number of anilines is 1.